The first-order valence-electron chi connectivity index (χ1n) is 7.09. The van der Waals surface area contributed by atoms with E-state index >= 15 is 0 Å². The van der Waals surface area contributed by atoms with Crippen molar-refractivity contribution in [2.24, 2.45) is 5.92 Å². The van der Waals surface area contributed by atoms with Crippen LogP contribution >= 0.6 is 11.8 Å². The molecule has 0 saturated heterocycles. The van der Waals surface area contributed by atoms with Crippen LogP contribution in [0.4, 0.5) is 0 Å². The highest BCUT2D eigenvalue weighted by atomic mass is 32.2. The molecule has 2 atom stereocenters. The third-order valence-electron chi connectivity index (χ3n) is 3.93. The van der Waals surface area contributed by atoms with Crippen molar-refractivity contribution < 1.29 is 4.79 Å². The summed E-state index contributed by atoms with van der Waals surface area (Å²) in [4.78, 5) is 12.3. The summed E-state index contributed by atoms with van der Waals surface area (Å²) in [6.07, 6.45) is 6.98. The zero-order chi connectivity index (χ0) is 13.7. The van der Waals surface area contributed by atoms with E-state index in [2.05, 4.69) is 24.6 Å². The minimum Gasteiger partial charge on any atom is -0.349 e. The van der Waals surface area contributed by atoms with E-state index < -0.39 is 0 Å². The number of benzene rings is 1. The van der Waals surface area contributed by atoms with Gasteiger partial charge in [0.25, 0.3) is 5.91 Å². The Kier molecular flexibility index (Phi) is 5.32. The molecule has 0 aliphatic heterocycles. The number of rotatable bonds is 4. The fourth-order valence-electron chi connectivity index (χ4n) is 2.75. The predicted molar refractivity (Wildman–Crippen MR) is 82.5 cm³/mol. The van der Waals surface area contributed by atoms with Crippen molar-refractivity contribution in [3.8, 4) is 0 Å². The van der Waals surface area contributed by atoms with E-state index in [4.69, 9.17) is 0 Å². The van der Waals surface area contributed by atoms with Crippen molar-refractivity contribution in [1.82, 2.24) is 5.32 Å². The maximum absolute atomic E-state index is 12.3. The third kappa shape index (κ3) is 4.00. The third-order valence-corrected chi connectivity index (χ3v) is 4.55. The van der Waals surface area contributed by atoms with Crippen LogP contribution in [-0.4, -0.2) is 18.2 Å². The van der Waals surface area contributed by atoms with Crippen LogP contribution in [0.15, 0.2) is 24.3 Å². The maximum atomic E-state index is 12.3. The molecule has 1 aromatic carbocycles. The van der Waals surface area contributed by atoms with Gasteiger partial charge in [-0.3, -0.25) is 4.79 Å². The molecular weight excluding hydrogens is 254 g/mol. The first kappa shape index (κ1) is 14.4. The summed E-state index contributed by atoms with van der Waals surface area (Å²) in [5.41, 5.74) is 2.01. The second kappa shape index (κ2) is 6.99. The number of nitrogens with one attached hydrogen (secondary N) is 1. The molecule has 0 unspecified atom stereocenters. The smallest absolute Gasteiger partial charge is 0.251 e. The number of carbonyl (C=O) groups excluding carboxylic acids is 1. The second-order valence-electron chi connectivity index (χ2n) is 5.48. The Labute approximate surface area is 120 Å². The van der Waals surface area contributed by atoms with Crippen LogP contribution in [0, 0.1) is 5.92 Å². The van der Waals surface area contributed by atoms with Crippen LogP contribution < -0.4 is 5.32 Å². The lowest BCUT2D eigenvalue weighted by molar-refractivity contribution is 0.0910. The largest absolute Gasteiger partial charge is 0.349 e. The first-order chi connectivity index (χ1) is 9.20. The van der Waals surface area contributed by atoms with Crippen LogP contribution in [0.2, 0.25) is 0 Å². The van der Waals surface area contributed by atoms with E-state index in [0.29, 0.717) is 12.0 Å². The molecule has 0 spiro atoms. The van der Waals surface area contributed by atoms with Gasteiger partial charge in [0.1, 0.15) is 0 Å². The van der Waals surface area contributed by atoms with Crippen molar-refractivity contribution in [3.63, 3.8) is 0 Å². The standard InChI is InChI=1S/C16H23NOS/c1-12-6-3-4-9-15(12)17-16(18)14-8-5-7-13(10-14)11-19-2/h5,7-8,10,12,15H,3-4,6,9,11H2,1-2H3,(H,17,18)/t12-,15+/m1/s1. The van der Waals surface area contributed by atoms with E-state index in [1.807, 2.05) is 18.2 Å². The zero-order valence-corrected chi connectivity index (χ0v) is 12.6. The van der Waals surface area contributed by atoms with Gasteiger partial charge in [-0.15, -0.1) is 0 Å². The molecule has 1 amide bonds. The average Bonchev–Trinajstić information content (AvgIpc) is 2.42. The van der Waals surface area contributed by atoms with Crippen LogP contribution in [-0.2, 0) is 5.75 Å². The van der Waals surface area contributed by atoms with Gasteiger partial charge in [0.05, 0.1) is 0 Å². The number of thioether (sulfide) groups is 1. The van der Waals surface area contributed by atoms with Gasteiger partial charge in [0.2, 0.25) is 0 Å². The summed E-state index contributed by atoms with van der Waals surface area (Å²) in [5, 5.41) is 3.21. The summed E-state index contributed by atoms with van der Waals surface area (Å²) in [7, 11) is 0. The van der Waals surface area contributed by atoms with E-state index in [1.54, 1.807) is 11.8 Å². The van der Waals surface area contributed by atoms with Crippen LogP contribution in [0.5, 0.6) is 0 Å². The fraction of sp³-hybridized carbons (Fsp3) is 0.562. The second-order valence-corrected chi connectivity index (χ2v) is 6.34. The zero-order valence-electron chi connectivity index (χ0n) is 11.8. The van der Waals surface area contributed by atoms with Gasteiger partial charge in [-0.1, -0.05) is 31.9 Å². The monoisotopic (exact) mass is 277 g/mol. The van der Waals surface area contributed by atoms with Crippen molar-refractivity contribution in [3.05, 3.63) is 35.4 Å². The van der Waals surface area contributed by atoms with E-state index in [1.165, 1.54) is 24.8 Å². The Morgan fingerprint density at radius 2 is 2.16 bits per heavy atom. The lowest BCUT2D eigenvalue weighted by atomic mass is 9.86. The van der Waals surface area contributed by atoms with Gasteiger partial charge >= 0.3 is 0 Å². The average molecular weight is 277 g/mol. The van der Waals surface area contributed by atoms with Gasteiger partial charge < -0.3 is 5.32 Å². The minimum atomic E-state index is 0.0849. The summed E-state index contributed by atoms with van der Waals surface area (Å²) in [6, 6.07) is 8.33. The number of hydrogen-bond acceptors (Lipinski definition) is 2. The van der Waals surface area contributed by atoms with Crippen molar-refractivity contribution in [2.75, 3.05) is 6.26 Å². The minimum absolute atomic E-state index is 0.0849. The molecule has 0 heterocycles. The molecule has 1 aliphatic carbocycles. The molecule has 1 N–H and O–H groups in total. The Balaban J connectivity index is 2.00. The molecule has 0 aromatic heterocycles. The van der Waals surface area contributed by atoms with Crippen molar-refractivity contribution in [2.45, 2.75) is 44.4 Å². The quantitative estimate of drug-likeness (QED) is 0.905. The Hall–Kier alpha value is -0.960. The Bertz CT molecular complexity index is 433. The van der Waals surface area contributed by atoms with Gasteiger partial charge in [0, 0.05) is 17.4 Å². The van der Waals surface area contributed by atoms with Gasteiger partial charge in [-0.2, -0.15) is 11.8 Å². The van der Waals surface area contributed by atoms with Crippen LogP contribution in [0.1, 0.15) is 48.5 Å². The molecule has 2 nitrogen and oxygen atoms in total. The summed E-state index contributed by atoms with van der Waals surface area (Å²) in [6.45, 7) is 2.24. The SMILES string of the molecule is CSCc1cccc(C(=O)N[C@H]2CCCC[C@H]2C)c1. The van der Waals surface area contributed by atoms with Gasteiger partial charge in [0.15, 0.2) is 0 Å². The molecule has 0 radical (unpaired) electrons. The van der Waals surface area contributed by atoms with Gasteiger partial charge in [-0.05, 0) is 42.7 Å². The van der Waals surface area contributed by atoms with Crippen LogP contribution in [0.25, 0.3) is 0 Å². The Morgan fingerprint density at radius 1 is 1.37 bits per heavy atom. The normalized spacial score (nSPS) is 23.1. The highest BCUT2D eigenvalue weighted by Gasteiger charge is 2.23. The highest BCUT2D eigenvalue weighted by molar-refractivity contribution is 7.97. The van der Waals surface area contributed by atoms with Crippen LogP contribution in [0.3, 0.4) is 0 Å². The number of carbonyl (C=O) groups is 1. The molecular formula is C16H23NOS. The molecule has 19 heavy (non-hydrogen) atoms. The van der Waals surface area contributed by atoms with E-state index in [9.17, 15) is 4.79 Å². The number of hydrogen-bond donors (Lipinski definition) is 1. The molecule has 1 fully saturated rings. The predicted octanol–water partition coefficient (Wildman–Crippen LogP) is 3.86. The molecule has 1 aliphatic rings. The van der Waals surface area contributed by atoms with E-state index in [0.717, 1.165) is 17.7 Å². The Morgan fingerprint density at radius 3 is 2.89 bits per heavy atom. The molecule has 2 rings (SSSR count). The highest BCUT2D eigenvalue weighted by Crippen LogP contribution is 2.24. The molecule has 3 heteroatoms. The maximum Gasteiger partial charge on any atom is 0.251 e. The van der Waals surface area contributed by atoms with Crippen molar-refractivity contribution in [1.29, 1.82) is 0 Å². The fourth-order valence-corrected chi connectivity index (χ4v) is 3.26. The topological polar surface area (TPSA) is 29.1 Å². The van der Waals surface area contributed by atoms with Gasteiger partial charge in [-0.25, -0.2) is 0 Å². The molecule has 104 valence electrons. The lowest BCUT2D eigenvalue weighted by Gasteiger charge is -2.29. The summed E-state index contributed by atoms with van der Waals surface area (Å²) in [5.74, 6) is 1.65. The number of amides is 1. The molecule has 1 aromatic rings. The summed E-state index contributed by atoms with van der Waals surface area (Å²) >= 11 is 1.78. The van der Waals surface area contributed by atoms with Crippen molar-refractivity contribution >= 4 is 17.7 Å². The first-order valence-corrected chi connectivity index (χ1v) is 8.49. The molecule has 0 bridgehead atoms. The summed E-state index contributed by atoms with van der Waals surface area (Å²) < 4.78 is 0. The molecule has 1 saturated carbocycles. The lowest BCUT2D eigenvalue weighted by Crippen LogP contribution is -2.41. The van der Waals surface area contributed by atoms with E-state index in [-0.39, 0.29) is 5.91 Å².